The minimum absolute atomic E-state index is 0.0765. The molecule has 1 unspecified atom stereocenters. The molecule has 0 aromatic heterocycles. The van der Waals surface area contributed by atoms with Crippen molar-refractivity contribution in [2.75, 3.05) is 18.4 Å². The fraction of sp³-hybridized carbons (Fsp3) is 0.316. The number of nitrogens with one attached hydrogen (secondary N) is 1. The lowest BCUT2D eigenvalue weighted by Crippen LogP contribution is -2.44. The monoisotopic (exact) mass is 410 g/mol. The Bertz CT molecular complexity index is 936. The molecule has 27 heavy (non-hydrogen) atoms. The number of carbonyl (C=O) groups is 1. The zero-order valence-corrected chi connectivity index (χ0v) is 16.1. The molecular formula is C19H20ClFN2O3S. The highest BCUT2D eigenvalue weighted by atomic mass is 35.5. The van der Waals surface area contributed by atoms with E-state index in [9.17, 15) is 17.6 Å². The lowest BCUT2D eigenvalue weighted by atomic mass is 9.98. The quantitative estimate of drug-likeness (QED) is 0.818. The first-order valence-corrected chi connectivity index (χ1v) is 10.6. The summed E-state index contributed by atoms with van der Waals surface area (Å²) in [6.45, 7) is 0.434. The molecular weight excluding hydrogens is 391 g/mol. The molecule has 2 aromatic rings. The van der Waals surface area contributed by atoms with Crippen LogP contribution >= 0.6 is 11.6 Å². The first-order chi connectivity index (χ1) is 12.9. The van der Waals surface area contributed by atoms with E-state index in [0.29, 0.717) is 30.0 Å². The van der Waals surface area contributed by atoms with Gasteiger partial charge in [0.2, 0.25) is 15.9 Å². The molecule has 1 heterocycles. The van der Waals surface area contributed by atoms with Crippen LogP contribution in [-0.2, 0) is 20.6 Å². The number of benzene rings is 2. The third-order valence-corrected chi connectivity index (χ3v) is 6.74. The zero-order valence-electron chi connectivity index (χ0n) is 14.6. The fourth-order valence-corrected chi connectivity index (χ4v) is 5.03. The molecule has 5 nitrogen and oxygen atoms in total. The Kier molecular flexibility index (Phi) is 6.14. The molecule has 1 saturated heterocycles. The van der Waals surface area contributed by atoms with Crippen molar-refractivity contribution in [2.45, 2.75) is 18.6 Å². The number of hydrogen-bond donors (Lipinski definition) is 1. The first kappa shape index (κ1) is 19.8. The van der Waals surface area contributed by atoms with Crippen molar-refractivity contribution < 1.29 is 17.6 Å². The molecule has 1 N–H and O–H groups in total. The Morgan fingerprint density at radius 1 is 1.19 bits per heavy atom. The van der Waals surface area contributed by atoms with Crippen molar-refractivity contribution in [2.24, 2.45) is 5.92 Å². The second-order valence-corrected chi connectivity index (χ2v) is 8.89. The fourth-order valence-electron chi connectivity index (χ4n) is 3.11. The number of carbonyl (C=O) groups excluding carboxylic acids is 1. The van der Waals surface area contributed by atoms with E-state index in [-0.39, 0.29) is 23.9 Å². The van der Waals surface area contributed by atoms with Crippen molar-refractivity contribution in [3.8, 4) is 0 Å². The van der Waals surface area contributed by atoms with Crippen LogP contribution in [0.2, 0.25) is 5.02 Å². The summed E-state index contributed by atoms with van der Waals surface area (Å²) in [7, 11) is -3.61. The number of anilines is 1. The summed E-state index contributed by atoms with van der Waals surface area (Å²) >= 11 is 6.07. The highest BCUT2D eigenvalue weighted by Gasteiger charge is 2.33. The van der Waals surface area contributed by atoms with E-state index in [1.165, 1.54) is 22.5 Å². The molecule has 1 aliphatic heterocycles. The lowest BCUT2D eigenvalue weighted by molar-refractivity contribution is -0.120. The number of sulfonamides is 1. The third kappa shape index (κ3) is 4.86. The summed E-state index contributed by atoms with van der Waals surface area (Å²) in [5.74, 6) is -1.64. The van der Waals surface area contributed by atoms with Crippen LogP contribution in [-0.4, -0.2) is 31.7 Å². The highest BCUT2D eigenvalue weighted by Crippen LogP contribution is 2.25. The van der Waals surface area contributed by atoms with Gasteiger partial charge in [0, 0.05) is 18.1 Å². The van der Waals surface area contributed by atoms with Gasteiger partial charge in [-0.25, -0.2) is 17.1 Å². The molecule has 2 aromatic carbocycles. The molecule has 144 valence electrons. The molecule has 0 saturated carbocycles. The summed E-state index contributed by atoms with van der Waals surface area (Å²) in [6.07, 6.45) is 1.12. The van der Waals surface area contributed by atoms with E-state index in [2.05, 4.69) is 5.32 Å². The van der Waals surface area contributed by atoms with Crippen LogP contribution in [0, 0.1) is 11.7 Å². The maximum absolute atomic E-state index is 13.7. The minimum Gasteiger partial charge on any atom is -0.323 e. The summed E-state index contributed by atoms with van der Waals surface area (Å²) in [4.78, 5) is 12.5. The predicted molar refractivity (Wildman–Crippen MR) is 103 cm³/mol. The van der Waals surface area contributed by atoms with Gasteiger partial charge in [0.25, 0.3) is 0 Å². The molecule has 1 amide bonds. The van der Waals surface area contributed by atoms with E-state index in [1.54, 1.807) is 30.3 Å². The average Bonchev–Trinajstić information content (AvgIpc) is 2.65. The number of para-hydroxylation sites is 1. The lowest BCUT2D eigenvalue weighted by Gasteiger charge is -2.31. The van der Waals surface area contributed by atoms with Crippen LogP contribution < -0.4 is 5.32 Å². The molecule has 0 bridgehead atoms. The van der Waals surface area contributed by atoms with Crippen molar-refractivity contribution >= 4 is 33.2 Å². The Morgan fingerprint density at radius 3 is 2.63 bits per heavy atom. The van der Waals surface area contributed by atoms with Crippen molar-refractivity contribution in [1.82, 2.24) is 4.31 Å². The number of amides is 1. The van der Waals surface area contributed by atoms with Gasteiger partial charge in [-0.3, -0.25) is 4.79 Å². The topological polar surface area (TPSA) is 66.5 Å². The van der Waals surface area contributed by atoms with Gasteiger partial charge in [-0.05, 0) is 36.6 Å². The van der Waals surface area contributed by atoms with Crippen molar-refractivity contribution in [3.63, 3.8) is 0 Å². The third-order valence-electron chi connectivity index (χ3n) is 4.58. The van der Waals surface area contributed by atoms with Crippen molar-refractivity contribution in [1.29, 1.82) is 0 Å². The van der Waals surface area contributed by atoms with Gasteiger partial charge in [0.15, 0.2) is 0 Å². The van der Waals surface area contributed by atoms with Crippen LogP contribution in [0.3, 0.4) is 0 Å². The van der Waals surface area contributed by atoms with E-state index < -0.39 is 21.8 Å². The van der Waals surface area contributed by atoms with Crippen LogP contribution in [0.25, 0.3) is 0 Å². The van der Waals surface area contributed by atoms with Gasteiger partial charge < -0.3 is 5.32 Å². The molecule has 1 fully saturated rings. The summed E-state index contributed by atoms with van der Waals surface area (Å²) < 4.78 is 40.6. The number of nitrogens with zero attached hydrogens (tertiary/aromatic N) is 1. The SMILES string of the molecule is O=C(Nc1ccccc1F)C1CCCN(S(=O)(=O)Cc2ccccc2Cl)C1. The number of hydrogen-bond acceptors (Lipinski definition) is 3. The largest absolute Gasteiger partial charge is 0.323 e. The maximum Gasteiger partial charge on any atom is 0.228 e. The Hall–Kier alpha value is -1.96. The number of rotatable bonds is 5. The summed E-state index contributed by atoms with van der Waals surface area (Å²) in [5.41, 5.74) is 0.621. The van der Waals surface area contributed by atoms with E-state index in [1.807, 2.05) is 0 Å². The van der Waals surface area contributed by atoms with Gasteiger partial charge in [0.05, 0.1) is 17.4 Å². The molecule has 1 atom stereocenters. The Balaban J connectivity index is 1.69. The van der Waals surface area contributed by atoms with Crippen LogP contribution in [0.15, 0.2) is 48.5 Å². The molecule has 3 rings (SSSR count). The van der Waals surface area contributed by atoms with Gasteiger partial charge in [-0.1, -0.05) is 41.9 Å². The molecule has 0 aliphatic carbocycles. The van der Waals surface area contributed by atoms with E-state index in [4.69, 9.17) is 11.6 Å². The number of piperidine rings is 1. The Morgan fingerprint density at radius 2 is 1.89 bits per heavy atom. The predicted octanol–water partition coefficient (Wildman–Crippen LogP) is 3.66. The first-order valence-electron chi connectivity index (χ1n) is 8.63. The van der Waals surface area contributed by atoms with E-state index >= 15 is 0 Å². The van der Waals surface area contributed by atoms with Crippen LogP contribution in [0.5, 0.6) is 0 Å². The smallest absolute Gasteiger partial charge is 0.228 e. The van der Waals surface area contributed by atoms with Crippen LogP contribution in [0.4, 0.5) is 10.1 Å². The van der Waals surface area contributed by atoms with Crippen LogP contribution in [0.1, 0.15) is 18.4 Å². The average molecular weight is 411 g/mol. The zero-order chi connectivity index (χ0) is 19.4. The normalized spacial score (nSPS) is 18.2. The maximum atomic E-state index is 13.7. The summed E-state index contributed by atoms with van der Waals surface area (Å²) in [6, 6.07) is 12.7. The highest BCUT2D eigenvalue weighted by molar-refractivity contribution is 7.88. The summed E-state index contributed by atoms with van der Waals surface area (Å²) in [5, 5.41) is 2.95. The van der Waals surface area contributed by atoms with Gasteiger partial charge in [-0.15, -0.1) is 0 Å². The minimum atomic E-state index is -3.61. The van der Waals surface area contributed by atoms with Crippen molar-refractivity contribution in [3.05, 3.63) is 64.9 Å². The molecule has 0 spiro atoms. The molecule has 0 radical (unpaired) electrons. The number of halogens is 2. The van der Waals surface area contributed by atoms with Gasteiger partial charge in [-0.2, -0.15) is 0 Å². The second kappa shape index (κ2) is 8.37. The van der Waals surface area contributed by atoms with Gasteiger partial charge in [0.1, 0.15) is 5.82 Å². The molecule has 8 heteroatoms. The Labute approximate surface area is 163 Å². The van der Waals surface area contributed by atoms with Gasteiger partial charge >= 0.3 is 0 Å². The van der Waals surface area contributed by atoms with E-state index in [0.717, 1.165) is 0 Å². The standard InChI is InChI=1S/C19H20ClFN2O3S/c20-16-8-2-1-6-15(16)13-27(25,26)23-11-5-7-14(12-23)19(24)22-18-10-4-3-9-17(18)21/h1-4,6,8-10,14H,5,7,11-13H2,(H,22,24). The molecule has 1 aliphatic rings. The second-order valence-electron chi connectivity index (χ2n) is 6.51.